The quantitative estimate of drug-likeness (QED) is 0.643. The maximum atomic E-state index is 9.01. The van der Waals surface area contributed by atoms with Gasteiger partial charge in [0, 0.05) is 23.1 Å². The van der Waals surface area contributed by atoms with Crippen molar-refractivity contribution in [3.63, 3.8) is 0 Å². The van der Waals surface area contributed by atoms with E-state index >= 15 is 0 Å². The Hall–Kier alpha value is -2.65. The Morgan fingerprint density at radius 1 is 1.08 bits per heavy atom. The predicted octanol–water partition coefficient (Wildman–Crippen LogP) is 3.90. The molecule has 0 spiro atoms. The number of nitriles is 1. The second kappa shape index (κ2) is 5.77. The fourth-order valence-electron chi connectivity index (χ4n) is 3.10. The van der Waals surface area contributed by atoms with Gasteiger partial charge in [-0.15, -0.1) is 10.2 Å². The largest absolute Gasteiger partial charge is 0.339 e. The molecule has 0 radical (unpaired) electrons. The molecule has 24 heavy (non-hydrogen) atoms. The third kappa shape index (κ3) is 2.38. The Labute approximate surface area is 148 Å². The van der Waals surface area contributed by atoms with Crippen LogP contribution < -0.4 is 4.90 Å². The minimum Gasteiger partial charge on any atom is -0.339 e. The van der Waals surface area contributed by atoms with Gasteiger partial charge in [0.1, 0.15) is 11.6 Å². The normalized spacial score (nSPS) is 13.0. The Morgan fingerprint density at radius 3 is 2.62 bits per heavy atom. The van der Waals surface area contributed by atoms with Crippen LogP contribution in [0, 0.1) is 18.3 Å². The number of benzene rings is 2. The summed E-state index contributed by atoms with van der Waals surface area (Å²) in [4.78, 5) is 2.26. The standard InChI is InChI=1S/C18H14BrN5/c1-12-21-22-18-8-9-23(15-5-2-13(11-20)3-6-15)17-10-14(19)4-7-16(17)24(12)18/h2-7,10H,8-9H2,1H3. The Kier molecular flexibility index (Phi) is 3.58. The average Bonchev–Trinajstić information content (AvgIpc) is 2.88. The summed E-state index contributed by atoms with van der Waals surface area (Å²) in [6.45, 7) is 2.77. The van der Waals surface area contributed by atoms with Crippen molar-refractivity contribution in [2.75, 3.05) is 11.4 Å². The first kappa shape index (κ1) is 14.9. The van der Waals surface area contributed by atoms with Crippen LogP contribution in [0.1, 0.15) is 17.2 Å². The number of hydrogen-bond acceptors (Lipinski definition) is 4. The Morgan fingerprint density at radius 2 is 1.88 bits per heavy atom. The highest BCUT2D eigenvalue weighted by atomic mass is 79.9. The summed E-state index contributed by atoms with van der Waals surface area (Å²) in [5, 5.41) is 17.6. The van der Waals surface area contributed by atoms with Crippen molar-refractivity contribution in [2.45, 2.75) is 13.3 Å². The second-order valence-corrected chi connectivity index (χ2v) is 6.61. The smallest absolute Gasteiger partial charge is 0.139 e. The molecule has 5 nitrogen and oxygen atoms in total. The molecule has 3 aromatic rings. The van der Waals surface area contributed by atoms with Crippen LogP contribution in [0.25, 0.3) is 5.69 Å². The minimum absolute atomic E-state index is 0.663. The van der Waals surface area contributed by atoms with Crippen LogP contribution in [-0.4, -0.2) is 21.3 Å². The number of aryl methyl sites for hydroxylation is 1. The number of aromatic nitrogens is 3. The first-order valence-corrected chi connectivity index (χ1v) is 8.45. The molecule has 0 bridgehead atoms. The van der Waals surface area contributed by atoms with Gasteiger partial charge in [-0.05, 0) is 49.4 Å². The summed E-state index contributed by atoms with van der Waals surface area (Å²) in [5.74, 6) is 1.85. The molecule has 0 fully saturated rings. The molecule has 6 heteroatoms. The van der Waals surface area contributed by atoms with E-state index in [1.807, 2.05) is 37.3 Å². The van der Waals surface area contributed by atoms with Crippen LogP contribution in [0.4, 0.5) is 11.4 Å². The van der Waals surface area contributed by atoms with Gasteiger partial charge in [-0.1, -0.05) is 15.9 Å². The van der Waals surface area contributed by atoms with E-state index in [2.05, 4.69) is 53.8 Å². The molecule has 0 aliphatic carbocycles. The molecule has 0 saturated carbocycles. The van der Waals surface area contributed by atoms with Gasteiger partial charge >= 0.3 is 0 Å². The van der Waals surface area contributed by atoms with Crippen LogP contribution in [0.2, 0.25) is 0 Å². The number of rotatable bonds is 1. The van der Waals surface area contributed by atoms with E-state index in [1.165, 1.54) is 0 Å². The highest BCUT2D eigenvalue weighted by molar-refractivity contribution is 9.10. The zero-order valence-electron chi connectivity index (χ0n) is 13.1. The molecule has 2 heterocycles. The van der Waals surface area contributed by atoms with E-state index in [0.717, 1.165) is 46.1 Å². The number of halogens is 1. The first-order chi connectivity index (χ1) is 11.7. The number of anilines is 2. The molecule has 0 unspecified atom stereocenters. The minimum atomic E-state index is 0.663. The van der Waals surface area contributed by atoms with Crippen LogP contribution in [0.3, 0.4) is 0 Å². The lowest BCUT2D eigenvalue weighted by molar-refractivity contribution is 0.838. The van der Waals surface area contributed by atoms with Gasteiger partial charge < -0.3 is 4.90 Å². The van der Waals surface area contributed by atoms with E-state index in [4.69, 9.17) is 5.26 Å². The van der Waals surface area contributed by atoms with E-state index < -0.39 is 0 Å². The van der Waals surface area contributed by atoms with Crippen LogP contribution in [-0.2, 0) is 6.42 Å². The maximum absolute atomic E-state index is 9.01. The second-order valence-electron chi connectivity index (χ2n) is 5.69. The SMILES string of the molecule is Cc1nnc2n1-c1ccc(Br)cc1N(c1ccc(C#N)cc1)CC2. The molecular weight excluding hydrogens is 366 g/mol. The number of hydrogen-bond donors (Lipinski definition) is 0. The van der Waals surface area contributed by atoms with Gasteiger partial charge in [-0.2, -0.15) is 5.26 Å². The van der Waals surface area contributed by atoms with Gasteiger partial charge in [0.25, 0.3) is 0 Å². The van der Waals surface area contributed by atoms with Crippen molar-refractivity contribution >= 4 is 27.3 Å². The third-order valence-corrected chi connectivity index (χ3v) is 4.72. The number of fused-ring (bicyclic) bond motifs is 3. The van der Waals surface area contributed by atoms with E-state index in [1.54, 1.807) is 0 Å². The maximum Gasteiger partial charge on any atom is 0.139 e. The molecule has 0 amide bonds. The van der Waals surface area contributed by atoms with E-state index in [-0.39, 0.29) is 0 Å². The first-order valence-electron chi connectivity index (χ1n) is 7.66. The van der Waals surface area contributed by atoms with Gasteiger partial charge in [0.2, 0.25) is 0 Å². The van der Waals surface area contributed by atoms with Crippen molar-refractivity contribution in [2.24, 2.45) is 0 Å². The molecule has 2 aromatic carbocycles. The summed E-state index contributed by atoms with van der Waals surface area (Å²) in [7, 11) is 0. The monoisotopic (exact) mass is 379 g/mol. The van der Waals surface area contributed by atoms with Gasteiger partial charge in [-0.3, -0.25) is 4.57 Å². The zero-order valence-corrected chi connectivity index (χ0v) is 14.7. The average molecular weight is 380 g/mol. The van der Waals surface area contributed by atoms with Crippen LogP contribution in [0.15, 0.2) is 46.9 Å². The molecule has 0 atom stereocenters. The lowest BCUT2D eigenvalue weighted by atomic mass is 10.1. The zero-order chi connectivity index (χ0) is 16.7. The van der Waals surface area contributed by atoms with E-state index in [9.17, 15) is 0 Å². The van der Waals surface area contributed by atoms with Crippen molar-refractivity contribution < 1.29 is 0 Å². The molecule has 1 aliphatic heterocycles. The summed E-state index contributed by atoms with van der Waals surface area (Å²) < 4.78 is 3.14. The molecule has 1 aromatic heterocycles. The summed E-state index contributed by atoms with van der Waals surface area (Å²) in [5.41, 5.74) is 3.88. The molecule has 4 rings (SSSR count). The Bertz CT molecular complexity index is 953. The summed E-state index contributed by atoms with van der Waals surface area (Å²) >= 11 is 3.58. The molecule has 1 aliphatic rings. The van der Waals surface area contributed by atoms with E-state index in [0.29, 0.717) is 5.56 Å². The van der Waals surface area contributed by atoms with Gasteiger partial charge in [0.05, 0.1) is 23.0 Å². The molecule has 0 N–H and O–H groups in total. The lowest BCUT2D eigenvalue weighted by Crippen LogP contribution is -2.19. The lowest BCUT2D eigenvalue weighted by Gasteiger charge is -2.25. The van der Waals surface area contributed by atoms with Crippen molar-refractivity contribution in [1.29, 1.82) is 5.26 Å². The van der Waals surface area contributed by atoms with Gasteiger partial charge in [0.15, 0.2) is 0 Å². The highest BCUT2D eigenvalue weighted by Crippen LogP contribution is 2.36. The fourth-order valence-corrected chi connectivity index (χ4v) is 3.45. The highest BCUT2D eigenvalue weighted by Gasteiger charge is 2.23. The summed E-state index contributed by atoms with van der Waals surface area (Å²) in [6.07, 6.45) is 0.799. The van der Waals surface area contributed by atoms with Crippen molar-refractivity contribution in [1.82, 2.24) is 14.8 Å². The molecule has 0 saturated heterocycles. The summed E-state index contributed by atoms with van der Waals surface area (Å²) in [6, 6.07) is 16.1. The molecular formula is C18H14BrN5. The van der Waals surface area contributed by atoms with Gasteiger partial charge in [-0.25, -0.2) is 0 Å². The predicted molar refractivity (Wildman–Crippen MR) is 95.7 cm³/mol. The van der Waals surface area contributed by atoms with Crippen LogP contribution >= 0.6 is 15.9 Å². The third-order valence-electron chi connectivity index (χ3n) is 4.23. The van der Waals surface area contributed by atoms with Crippen molar-refractivity contribution in [3.05, 3.63) is 64.1 Å². The fraction of sp³-hybridized carbons (Fsp3) is 0.167. The number of nitrogens with zero attached hydrogens (tertiary/aromatic N) is 5. The Balaban J connectivity index is 1.90. The van der Waals surface area contributed by atoms with Crippen LogP contribution in [0.5, 0.6) is 0 Å². The molecule has 118 valence electrons. The topological polar surface area (TPSA) is 57.7 Å². The van der Waals surface area contributed by atoms with Crippen molar-refractivity contribution in [3.8, 4) is 11.8 Å².